The summed E-state index contributed by atoms with van der Waals surface area (Å²) in [7, 11) is 0. The monoisotopic (exact) mass is 265 g/mol. The number of esters is 1. The van der Waals surface area contributed by atoms with Crippen LogP contribution in [-0.2, 0) is 14.3 Å². The summed E-state index contributed by atoms with van der Waals surface area (Å²) in [5.74, 6) is -1.52. The van der Waals surface area contributed by atoms with Gasteiger partial charge in [0.1, 0.15) is 6.10 Å². The third-order valence-electron chi connectivity index (χ3n) is 2.57. The Morgan fingerprint density at radius 2 is 2.05 bits per heavy atom. The number of ether oxygens (including phenoxy) is 1. The number of hydrogen-bond donors (Lipinski definition) is 1. The third kappa shape index (κ3) is 5.07. The van der Waals surface area contributed by atoms with Crippen LogP contribution in [0.2, 0.25) is 0 Å². The predicted molar refractivity (Wildman–Crippen MR) is 69.4 cm³/mol. The fraction of sp³-hybridized carbons (Fsp3) is 0.500. The normalized spacial score (nSPS) is 12.8. The maximum absolute atomic E-state index is 11.7. The van der Waals surface area contributed by atoms with Crippen LogP contribution in [0, 0.1) is 5.41 Å². The van der Waals surface area contributed by atoms with Gasteiger partial charge in [0.2, 0.25) is 0 Å². The highest BCUT2D eigenvalue weighted by atomic mass is 16.5. The van der Waals surface area contributed by atoms with Gasteiger partial charge in [0.25, 0.3) is 0 Å². The summed E-state index contributed by atoms with van der Waals surface area (Å²) >= 11 is 0. The van der Waals surface area contributed by atoms with Gasteiger partial charge in [-0.05, 0) is 6.07 Å². The van der Waals surface area contributed by atoms with Gasteiger partial charge in [-0.2, -0.15) is 0 Å². The topological polar surface area (TPSA) is 76.5 Å². The highest BCUT2D eigenvalue weighted by molar-refractivity contribution is 5.76. The Kier molecular flexibility index (Phi) is 5.03. The van der Waals surface area contributed by atoms with Gasteiger partial charge in [-0.25, -0.2) is 0 Å². The zero-order valence-corrected chi connectivity index (χ0v) is 11.4. The van der Waals surface area contributed by atoms with E-state index in [0.29, 0.717) is 0 Å². The molecule has 1 heterocycles. The maximum Gasteiger partial charge on any atom is 0.307 e. The van der Waals surface area contributed by atoms with Crippen LogP contribution >= 0.6 is 0 Å². The summed E-state index contributed by atoms with van der Waals surface area (Å²) in [5, 5.41) is 8.56. The Morgan fingerprint density at radius 3 is 2.53 bits per heavy atom. The number of hydrogen-bond acceptors (Lipinski definition) is 4. The number of carbonyl (C=O) groups excluding carboxylic acids is 1. The van der Waals surface area contributed by atoms with E-state index in [-0.39, 0.29) is 18.3 Å². The summed E-state index contributed by atoms with van der Waals surface area (Å²) in [6.07, 6.45) is 2.52. The van der Waals surface area contributed by atoms with E-state index in [0.717, 1.165) is 5.56 Å². The predicted octanol–water partition coefficient (Wildman–Crippen LogP) is 2.58. The fourth-order valence-corrected chi connectivity index (χ4v) is 1.68. The second kappa shape index (κ2) is 6.31. The minimum atomic E-state index is -1.01. The molecule has 19 heavy (non-hydrogen) atoms. The molecule has 1 aromatic heterocycles. The molecule has 0 bridgehead atoms. The fourth-order valence-electron chi connectivity index (χ4n) is 1.68. The van der Waals surface area contributed by atoms with Crippen molar-refractivity contribution in [2.24, 2.45) is 5.41 Å². The van der Waals surface area contributed by atoms with E-state index < -0.39 is 18.0 Å². The van der Waals surface area contributed by atoms with Gasteiger partial charge in [-0.15, -0.1) is 0 Å². The summed E-state index contributed by atoms with van der Waals surface area (Å²) in [4.78, 5) is 26.1. The van der Waals surface area contributed by atoms with E-state index in [1.807, 2.05) is 26.8 Å². The Labute approximate surface area is 112 Å². The van der Waals surface area contributed by atoms with Crippen LogP contribution in [0.15, 0.2) is 24.5 Å². The zero-order chi connectivity index (χ0) is 14.5. The molecule has 0 saturated heterocycles. The van der Waals surface area contributed by atoms with E-state index in [9.17, 15) is 9.59 Å². The van der Waals surface area contributed by atoms with Crippen molar-refractivity contribution in [3.05, 3.63) is 30.1 Å². The molecule has 0 aliphatic heterocycles. The van der Waals surface area contributed by atoms with Crippen LogP contribution in [0.4, 0.5) is 0 Å². The van der Waals surface area contributed by atoms with E-state index in [1.165, 1.54) is 0 Å². The lowest BCUT2D eigenvalue weighted by atomic mass is 9.85. The maximum atomic E-state index is 11.7. The molecule has 0 aliphatic rings. The lowest BCUT2D eigenvalue weighted by Gasteiger charge is -2.30. The first-order chi connectivity index (χ1) is 8.80. The Hall–Kier alpha value is -1.91. The van der Waals surface area contributed by atoms with E-state index in [1.54, 1.807) is 18.5 Å². The summed E-state index contributed by atoms with van der Waals surface area (Å²) in [6.45, 7) is 5.86. The molecule has 0 radical (unpaired) electrons. The molecule has 1 rings (SSSR count). The summed E-state index contributed by atoms with van der Waals surface area (Å²) < 4.78 is 5.41. The van der Waals surface area contributed by atoms with Crippen LogP contribution in [0.1, 0.15) is 45.3 Å². The largest absolute Gasteiger partial charge is 0.481 e. The molecule has 1 atom stereocenters. The van der Waals surface area contributed by atoms with Gasteiger partial charge in [-0.1, -0.05) is 26.8 Å². The van der Waals surface area contributed by atoms with Gasteiger partial charge in [0, 0.05) is 23.4 Å². The van der Waals surface area contributed by atoms with Crippen molar-refractivity contribution < 1.29 is 19.4 Å². The molecule has 0 aliphatic carbocycles. The number of carboxylic acid groups (broad SMARTS) is 1. The van der Waals surface area contributed by atoms with Crippen LogP contribution in [0.3, 0.4) is 0 Å². The van der Waals surface area contributed by atoms with E-state index in [2.05, 4.69) is 4.98 Å². The molecule has 1 N–H and O–H groups in total. The van der Waals surface area contributed by atoms with Crippen molar-refractivity contribution in [1.29, 1.82) is 0 Å². The van der Waals surface area contributed by atoms with Crippen molar-refractivity contribution in [3.63, 3.8) is 0 Å². The molecule has 0 aromatic carbocycles. The first-order valence-electron chi connectivity index (χ1n) is 6.12. The van der Waals surface area contributed by atoms with Gasteiger partial charge in [0.05, 0.1) is 12.8 Å². The van der Waals surface area contributed by atoms with Crippen LogP contribution in [0.5, 0.6) is 0 Å². The van der Waals surface area contributed by atoms with Crippen molar-refractivity contribution in [3.8, 4) is 0 Å². The highest BCUT2D eigenvalue weighted by Crippen LogP contribution is 2.35. The Balaban J connectivity index is 2.77. The van der Waals surface area contributed by atoms with Crippen LogP contribution < -0.4 is 0 Å². The summed E-state index contributed by atoms with van der Waals surface area (Å²) in [6, 6.07) is 3.62. The van der Waals surface area contributed by atoms with Gasteiger partial charge < -0.3 is 9.84 Å². The molecular weight excluding hydrogens is 246 g/mol. The van der Waals surface area contributed by atoms with Crippen molar-refractivity contribution in [2.45, 2.75) is 39.7 Å². The SMILES string of the molecule is CC(C)(C)[C@@H](OC(=O)CCC(=O)O)c1cccnc1. The minimum absolute atomic E-state index is 0.123. The third-order valence-corrected chi connectivity index (χ3v) is 2.57. The number of aliphatic carboxylic acids is 1. The van der Waals surface area contributed by atoms with Crippen molar-refractivity contribution in [1.82, 2.24) is 4.98 Å². The molecular formula is C14H19NO4. The Morgan fingerprint density at radius 1 is 1.37 bits per heavy atom. The minimum Gasteiger partial charge on any atom is -0.481 e. The zero-order valence-electron chi connectivity index (χ0n) is 11.4. The Bertz CT molecular complexity index is 437. The van der Waals surface area contributed by atoms with Crippen LogP contribution in [0.25, 0.3) is 0 Å². The average molecular weight is 265 g/mol. The molecule has 1 aromatic rings. The standard InChI is InChI=1S/C14H19NO4/c1-14(2,3)13(10-5-4-8-15-9-10)19-12(18)7-6-11(16)17/h4-5,8-9,13H,6-7H2,1-3H3,(H,16,17)/t13-/m0/s1. The number of nitrogens with zero attached hydrogens (tertiary/aromatic N) is 1. The van der Waals surface area contributed by atoms with E-state index in [4.69, 9.17) is 9.84 Å². The number of carbonyl (C=O) groups is 2. The smallest absolute Gasteiger partial charge is 0.307 e. The number of carboxylic acids is 1. The lowest BCUT2D eigenvalue weighted by molar-refractivity contribution is -0.157. The molecule has 0 unspecified atom stereocenters. The number of aromatic nitrogens is 1. The number of rotatable bonds is 5. The molecule has 0 spiro atoms. The molecule has 0 fully saturated rings. The first-order valence-corrected chi connectivity index (χ1v) is 6.12. The molecule has 5 nitrogen and oxygen atoms in total. The quantitative estimate of drug-likeness (QED) is 0.828. The summed E-state index contributed by atoms with van der Waals surface area (Å²) in [5.41, 5.74) is 0.515. The molecule has 0 amide bonds. The lowest BCUT2D eigenvalue weighted by Crippen LogP contribution is -2.24. The second-order valence-electron chi connectivity index (χ2n) is 5.42. The highest BCUT2D eigenvalue weighted by Gasteiger charge is 2.30. The first kappa shape index (κ1) is 15.1. The second-order valence-corrected chi connectivity index (χ2v) is 5.42. The van der Waals surface area contributed by atoms with Crippen molar-refractivity contribution >= 4 is 11.9 Å². The average Bonchev–Trinajstić information content (AvgIpc) is 2.33. The van der Waals surface area contributed by atoms with Gasteiger partial charge in [-0.3, -0.25) is 14.6 Å². The van der Waals surface area contributed by atoms with E-state index >= 15 is 0 Å². The van der Waals surface area contributed by atoms with Crippen LogP contribution in [-0.4, -0.2) is 22.0 Å². The molecule has 104 valence electrons. The van der Waals surface area contributed by atoms with Crippen molar-refractivity contribution in [2.75, 3.05) is 0 Å². The number of pyridine rings is 1. The molecule has 0 saturated carbocycles. The van der Waals surface area contributed by atoms with Gasteiger partial charge in [0.15, 0.2) is 0 Å². The molecule has 5 heteroatoms. The van der Waals surface area contributed by atoms with Gasteiger partial charge >= 0.3 is 11.9 Å².